The molecule has 1 rings (SSSR count). The van der Waals surface area contributed by atoms with E-state index in [4.69, 9.17) is 0 Å². The summed E-state index contributed by atoms with van der Waals surface area (Å²) >= 11 is 0. The monoisotopic (exact) mass is 248 g/mol. The minimum absolute atomic E-state index is 0.0657. The topological polar surface area (TPSA) is 61.4 Å². The van der Waals surface area contributed by atoms with Crippen LogP contribution in [-0.2, 0) is 0 Å². The molecule has 0 fully saturated rings. The Balaban J connectivity index is 2.25. The molecule has 0 spiro atoms. The molecule has 0 saturated carbocycles. The fourth-order valence-electron chi connectivity index (χ4n) is 1.48. The average Bonchev–Trinajstić information content (AvgIpc) is 2.39. The molecule has 18 heavy (non-hydrogen) atoms. The van der Waals surface area contributed by atoms with Crippen LogP contribution in [0.25, 0.3) is 0 Å². The number of aliphatic hydroxyl groups excluding tert-OH is 1. The number of carbonyl (C=O) groups is 1. The number of aliphatic hydroxyl groups is 1. The summed E-state index contributed by atoms with van der Waals surface area (Å²) in [4.78, 5) is 11.4. The maximum Gasteiger partial charge on any atom is 0.315 e. The molecule has 3 N–H and O–H groups in total. The molecule has 2 amide bonds. The molecule has 0 heterocycles. The Kier molecular flexibility index (Phi) is 5.94. The summed E-state index contributed by atoms with van der Waals surface area (Å²) in [6.07, 6.45) is 1.58. The third-order valence-corrected chi connectivity index (χ3v) is 2.60. The normalized spacial score (nSPS) is 13.4. The van der Waals surface area contributed by atoms with Gasteiger partial charge in [-0.15, -0.1) is 6.58 Å². The summed E-state index contributed by atoms with van der Waals surface area (Å²) in [6.45, 7) is 5.84. The molecule has 0 saturated heterocycles. The van der Waals surface area contributed by atoms with Gasteiger partial charge in [-0.1, -0.05) is 36.4 Å². The molecule has 0 aliphatic heterocycles. The highest BCUT2D eigenvalue weighted by Crippen LogP contribution is 2.14. The molecule has 0 aliphatic carbocycles. The van der Waals surface area contributed by atoms with Gasteiger partial charge in [0.1, 0.15) is 0 Å². The van der Waals surface area contributed by atoms with Crippen molar-refractivity contribution in [2.75, 3.05) is 6.54 Å². The van der Waals surface area contributed by atoms with E-state index in [9.17, 15) is 9.90 Å². The predicted octanol–water partition coefficient (Wildman–Crippen LogP) is 1.98. The number of rotatable bonds is 6. The van der Waals surface area contributed by atoms with Crippen molar-refractivity contribution in [1.29, 1.82) is 0 Å². The molecule has 0 aliphatic rings. The molecule has 4 heteroatoms. The molecular formula is C14H20N2O2. The SMILES string of the molecule is C=CC(C)NC(=O)NCCC(O)c1ccccc1. The van der Waals surface area contributed by atoms with E-state index in [1.807, 2.05) is 37.3 Å². The van der Waals surface area contributed by atoms with Crippen LogP contribution in [0.15, 0.2) is 43.0 Å². The number of hydrogen-bond acceptors (Lipinski definition) is 2. The van der Waals surface area contributed by atoms with Crippen molar-refractivity contribution in [1.82, 2.24) is 10.6 Å². The van der Waals surface area contributed by atoms with E-state index < -0.39 is 6.10 Å². The van der Waals surface area contributed by atoms with E-state index >= 15 is 0 Å². The molecule has 0 bridgehead atoms. The van der Waals surface area contributed by atoms with Gasteiger partial charge in [-0.25, -0.2) is 4.79 Å². The largest absolute Gasteiger partial charge is 0.388 e. The zero-order valence-corrected chi connectivity index (χ0v) is 10.6. The lowest BCUT2D eigenvalue weighted by Gasteiger charge is -2.13. The van der Waals surface area contributed by atoms with Crippen LogP contribution in [0.3, 0.4) is 0 Å². The summed E-state index contributed by atoms with van der Waals surface area (Å²) in [5, 5.41) is 15.3. The standard InChI is InChI=1S/C14H20N2O2/c1-3-11(2)16-14(18)15-10-9-13(17)12-7-5-4-6-8-12/h3-8,11,13,17H,1,9-10H2,2H3,(H2,15,16,18). The van der Waals surface area contributed by atoms with Gasteiger partial charge in [0.25, 0.3) is 0 Å². The van der Waals surface area contributed by atoms with Crippen LogP contribution in [0.2, 0.25) is 0 Å². The first kappa shape index (κ1) is 14.3. The Labute approximate surface area is 108 Å². The first-order valence-electron chi connectivity index (χ1n) is 6.03. The Bertz CT molecular complexity index is 379. The zero-order valence-electron chi connectivity index (χ0n) is 10.6. The Morgan fingerprint density at radius 3 is 2.72 bits per heavy atom. The van der Waals surface area contributed by atoms with Crippen molar-refractivity contribution in [3.63, 3.8) is 0 Å². The van der Waals surface area contributed by atoms with Gasteiger partial charge in [-0.05, 0) is 18.9 Å². The molecule has 2 unspecified atom stereocenters. The van der Waals surface area contributed by atoms with Crippen LogP contribution >= 0.6 is 0 Å². The lowest BCUT2D eigenvalue weighted by molar-refractivity contribution is 0.167. The number of nitrogens with one attached hydrogen (secondary N) is 2. The maximum atomic E-state index is 11.4. The van der Waals surface area contributed by atoms with E-state index in [1.165, 1.54) is 0 Å². The van der Waals surface area contributed by atoms with Crippen LogP contribution in [0.1, 0.15) is 25.0 Å². The van der Waals surface area contributed by atoms with Crippen LogP contribution in [0.4, 0.5) is 4.79 Å². The van der Waals surface area contributed by atoms with Gasteiger partial charge in [-0.3, -0.25) is 0 Å². The van der Waals surface area contributed by atoms with Crippen molar-refractivity contribution < 1.29 is 9.90 Å². The van der Waals surface area contributed by atoms with Gasteiger partial charge in [0.05, 0.1) is 6.10 Å². The summed E-state index contributed by atoms with van der Waals surface area (Å²) in [7, 11) is 0. The van der Waals surface area contributed by atoms with Crippen molar-refractivity contribution in [2.24, 2.45) is 0 Å². The van der Waals surface area contributed by atoms with Crippen molar-refractivity contribution >= 4 is 6.03 Å². The predicted molar refractivity (Wildman–Crippen MR) is 72.2 cm³/mol. The number of hydrogen-bond donors (Lipinski definition) is 3. The van der Waals surface area contributed by atoms with Gasteiger partial charge in [0, 0.05) is 12.6 Å². The Morgan fingerprint density at radius 2 is 2.11 bits per heavy atom. The summed E-state index contributed by atoms with van der Waals surface area (Å²) in [5.41, 5.74) is 0.860. The maximum absolute atomic E-state index is 11.4. The van der Waals surface area contributed by atoms with Crippen LogP contribution in [0.5, 0.6) is 0 Å². The van der Waals surface area contributed by atoms with E-state index in [2.05, 4.69) is 17.2 Å². The fourth-order valence-corrected chi connectivity index (χ4v) is 1.48. The number of urea groups is 1. The highest BCUT2D eigenvalue weighted by Gasteiger charge is 2.08. The number of carbonyl (C=O) groups excluding carboxylic acids is 1. The van der Waals surface area contributed by atoms with Crippen LogP contribution in [-0.4, -0.2) is 23.7 Å². The average molecular weight is 248 g/mol. The summed E-state index contributed by atoms with van der Waals surface area (Å²) in [6, 6.07) is 9.08. The Hall–Kier alpha value is -1.81. The van der Waals surface area contributed by atoms with Crippen LogP contribution < -0.4 is 10.6 Å². The van der Waals surface area contributed by atoms with Gasteiger partial charge in [-0.2, -0.15) is 0 Å². The van der Waals surface area contributed by atoms with Crippen molar-refractivity contribution in [3.05, 3.63) is 48.6 Å². The summed E-state index contributed by atoms with van der Waals surface area (Å²) < 4.78 is 0. The minimum atomic E-state index is -0.552. The molecule has 1 aromatic rings. The molecular weight excluding hydrogens is 228 g/mol. The van der Waals surface area contributed by atoms with Gasteiger partial charge < -0.3 is 15.7 Å². The van der Waals surface area contributed by atoms with Crippen LogP contribution in [0, 0.1) is 0 Å². The van der Waals surface area contributed by atoms with E-state index in [-0.39, 0.29) is 12.1 Å². The fraction of sp³-hybridized carbons (Fsp3) is 0.357. The molecule has 98 valence electrons. The highest BCUT2D eigenvalue weighted by molar-refractivity contribution is 5.74. The third kappa shape index (κ3) is 5.01. The van der Waals surface area contributed by atoms with Gasteiger partial charge in [0.2, 0.25) is 0 Å². The third-order valence-electron chi connectivity index (χ3n) is 2.60. The second-order valence-corrected chi connectivity index (χ2v) is 4.14. The molecule has 0 radical (unpaired) electrons. The second kappa shape index (κ2) is 7.50. The first-order valence-corrected chi connectivity index (χ1v) is 6.03. The summed E-state index contributed by atoms with van der Waals surface area (Å²) in [5.74, 6) is 0. The smallest absolute Gasteiger partial charge is 0.315 e. The molecule has 2 atom stereocenters. The van der Waals surface area contributed by atoms with E-state index in [1.54, 1.807) is 6.08 Å². The Morgan fingerprint density at radius 1 is 1.44 bits per heavy atom. The van der Waals surface area contributed by atoms with Gasteiger partial charge >= 0.3 is 6.03 Å². The van der Waals surface area contributed by atoms with E-state index in [0.717, 1.165) is 5.56 Å². The van der Waals surface area contributed by atoms with Crippen molar-refractivity contribution in [2.45, 2.75) is 25.5 Å². The molecule has 4 nitrogen and oxygen atoms in total. The number of benzene rings is 1. The first-order chi connectivity index (χ1) is 8.63. The molecule has 0 aromatic heterocycles. The molecule has 1 aromatic carbocycles. The minimum Gasteiger partial charge on any atom is -0.388 e. The lowest BCUT2D eigenvalue weighted by Crippen LogP contribution is -2.40. The van der Waals surface area contributed by atoms with Crippen molar-refractivity contribution in [3.8, 4) is 0 Å². The van der Waals surface area contributed by atoms with E-state index in [0.29, 0.717) is 13.0 Å². The zero-order chi connectivity index (χ0) is 13.4. The second-order valence-electron chi connectivity index (χ2n) is 4.14. The highest BCUT2D eigenvalue weighted by atomic mass is 16.3. The van der Waals surface area contributed by atoms with Gasteiger partial charge in [0.15, 0.2) is 0 Å². The lowest BCUT2D eigenvalue weighted by atomic mass is 10.1. The number of amides is 2. The quantitative estimate of drug-likeness (QED) is 0.674.